The first-order chi connectivity index (χ1) is 8.00. The number of nitrogens with two attached hydrogens (primary N) is 1. The molecule has 0 aliphatic carbocycles. The Bertz CT molecular complexity index is 377. The van der Waals surface area contributed by atoms with Gasteiger partial charge in [-0.25, -0.2) is 0 Å². The van der Waals surface area contributed by atoms with E-state index in [1.165, 1.54) is 0 Å². The molecule has 1 aromatic rings. The molecule has 0 saturated carbocycles. The average Bonchev–Trinajstić information content (AvgIpc) is 2.25. The molecule has 1 unspecified atom stereocenters. The third-order valence-corrected chi connectivity index (χ3v) is 2.61. The summed E-state index contributed by atoms with van der Waals surface area (Å²) in [6.07, 6.45) is 0.581. The van der Waals surface area contributed by atoms with Crippen LogP contribution >= 0.6 is 0 Å². The van der Waals surface area contributed by atoms with Crippen molar-refractivity contribution >= 4 is 5.97 Å². The number of carboxylic acid groups (broad SMARTS) is 1. The third kappa shape index (κ3) is 4.54. The maximum atomic E-state index is 10.5. The first-order valence-corrected chi connectivity index (χ1v) is 5.70. The molecule has 17 heavy (non-hydrogen) atoms. The molecule has 0 bridgehead atoms. The van der Waals surface area contributed by atoms with Crippen molar-refractivity contribution in [3.63, 3.8) is 0 Å². The number of carboxylic acids is 1. The zero-order valence-corrected chi connectivity index (χ0v) is 10.4. The van der Waals surface area contributed by atoms with Crippen LogP contribution in [0.1, 0.15) is 30.0 Å². The summed E-state index contributed by atoms with van der Waals surface area (Å²) in [5, 5.41) is 8.66. The molecule has 0 heterocycles. The van der Waals surface area contributed by atoms with Crippen LogP contribution in [0.25, 0.3) is 0 Å². The summed E-state index contributed by atoms with van der Waals surface area (Å²) in [7, 11) is 4.00. The summed E-state index contributed by atoms with van der Waals surface area (Å²) in [6, 6.07) is 7.73. The lowest BCUT2D eigenvalue weighted by Crippen LogP contribution is -2.18. The lowest BCUT2D eigenvalue weighted by atomic mass is 9.97. The molecule has 0 amide bonds. The van der Waals surface area contributed by atoms with Crippen LogP contribution in [0.4, 0.5) is 0 Å². The Balaban J connectivity index is 2.77. The summed E-state index contributed by atoms with van der Waals surface area (Å²) in [6.45, 7) is 0.816. The molecule has 1 rings (SSSR count). The quantitative estimate of drug-likeness (QED) is 0.787. The molecular weight excluding hydrogens is 216 g/mol. The highest BCUT2D eigenvalue weighted by Gasteiger charge is 2.12. The van der Waals surface area contributed by atoms with Crippen LogP contribution in [0.15, 0.2) is 24.3 Å². The van der Waals surface area contributed by atoms with Gasteiger partial charge in [0.05, 0.1) is 0 Å². The monoisotopic (exact) mass is 236 g/mol. The zero-order valence-electron chi connectivity index (χ0n) is 10.4. The summed E-state index contributed by atoms with van der Waals surface area (Å²) < 4.78 is 0. The second kappa shape index (κ2) is 6.37. The fourth-order valence-electron chi connectivity index (χ4n) is 1.82. The Hall–Kier alpha value is -1.39. The highest BCUT2D eigenvalue weighted by molar-refractivity contribution is 5.66. The zero-order chi connectivity index (χ0) is 12.8. The van der Waals surface area contributed by atoms with E-state index in [0.717, 1.165) is 17.7 Å². The van der Waals surface area contributed by atoms with Crippen LogP contribution in [0.2, 0.25) is 0 Å². The third-order valence-electron chi connectivity index (χ3n) is 2.61. The first kappa shape index (κ1) is 13.7. The number of aliphatic carboxylic acids is 1. The van der Waals surface area contributed by atoms with Crippen LogP contribution in [0.3, 0.4) is 0 Å². The number of carbonyl (C=O) groups is 1. The lowest BCUT2D eigenvalue weighted by molar-refractivity contribution is -0.137. The highest BCUT2D eigenvalue weighted by Crippen LogP contribution is 2.21. The second-order valence-electron chi connectivity index (χ2n) is 4.48. The summed E-state index contributed by atoms with van der Waals surface area (Å²) >= 11 is 0. The van der Waals surface area contributed by atoms with E-state index in [1.807, 2.05) is 38.4 Å². The molecule has 3 N–H and O–H groups in total. The van der Waals surface area contributed by atoms with Crippen LogP contribution in [-0.2, 0) is 11.3 Å². The first-order valence-electron chi connectivity index (χ1n) is 5.70. The number of nitrogens with zero attached hydrogens (tertiary/aromatic N) is 1. The van der Waals surface area contributed by atoms with Gasteiger partial charge in [0, 0.05) is 19.0 Å². The summed E-state index contributed by atoms with van der Waals surface area (Å²) in [4.78, 5) is 12.6. The van der Waals surface area contributed by atoms with Gasteiger partial charge < -0.3 is 15.7 Å². The average molecular weight is 236 g/mol. The predicted molar refractivity (Wildman–Crippen MR) is 67.6 cm³/mol. The molecule has 0 spiro atoms. The maximum absolute atomic E-state index is 10.5. The Kier molecular flexibility index (Phi) is 5.12. The van der Waals surface area contributed by atoms with Crippen molar-refractivity contribution < 1.29 is 9.90 Å². The topological polar surface area (TPSA) is 66.6 Å². The van der Waals surface area contributed by atoms with E-state index in [1.54, 1.807) is 0 Å². The van der Waals surface area contributed by atoms with Crippen LogP contribution in [0.5, 0.6) is 0 Å². The van der Waals surface area contributed by atoms with Crippen molar-refractivity contribution in [2.75, 3.05) is 14.1 Å². The van der Waals surface area contributed by atoms with Crippen LogP contribution < -0.4 is 5.73 Å². The maximum Gasteiger partial charge on any atom is 0.303 e. The molecule has 1 aromatic carbocycles. The molecule has 0 saturated heterocycles. The molecule has 0 aromatic heterocycles. The smallest absolute Gasteiger partial charge is 0.303 e. The van der Waals surface area contributed by atoms with Gasteiger partial charge in [0.2, 0.25) is 0 Å². The minimum atomic E-state index is -0.800. The number of hydrogen-bond acceptors (Lipinski definition) is 3. The van der Waals surface area contributed by atoms with Crippen LogP contribution in [0, 0.1) is 0 Å². The fraction of sp³-hybridized carbons (Fsp3) is 0.462. The minimum absolute atomic E-state index is 0.109. The van der Waals surface area contributed by atoms with Gasteiger partial charge >= 0.3 is 5.97 Å². The highest BCUT2D eigenvalue weighted by atomic mass is 16.4. The molecule has 0 aliphatic rings. The van der Waals surface area contributed by atoms with E-state index in [4.69, 9.17) is 10.8 Å². The molecule has 94 valence electrons. The van der Waals surface area contributed by atoms with E-state index in [2.05, 4.69) is 4.90 Å². The Morgan fingerprint density at radius 1 is 1.41 bits per heavy atom. The van der Waals surface area contributed by atoms with Gasteiger partial charge in [0.25, 0.3) is 0 Å². The van der Waals surface area contributed by atoms with Crippen LogP contribution in [-0.4, -0.2) is 30.1 Å². The normalized spacial score (nSPS) is 12.7. The summed E-state index contributed by atoms with van der Waals surface area (Å²) in [5.74, 6) is -0.800. The van der Waals surface area contributed by atoms with E-state index in [0.29, 0.717) is 6.42 Å². The number of rotatable bonds is 6. The van der Waals surface area contributed by atoms with Crippen molar-refractivity contribution in [1.82, 2.24) is 4.90 Å². The van der Waals surface area contributed by atoms with Gasteiger partial charge in [-0.15, -0.1) is 0 Å². The molecule has 0 radical (unpaired) electrons. The fourth-order valence-corrected chi connectivity index (χ4v) is 1.82. The molecular formula is C13H20N2O2. The standard InChI is InChI=1S/C13H20N2O2/c1-15(2)9-10-5-3-4-6-11(10)12(14)7-8-13(16)17/h3-6,12H,7-9,14H2,1-2H3,(H,16,17). The molecule has 4 nitrogen and oxygen atoms in total. The number of hydrogen-bond donors (Lipinski definition) is 2. The van der Waals surface area contributed by atoms with Crippen molar-refractivity contribution in [3.05, 3.63) is 35.4 Å². The largest absolute Gasteiger partial charge is 0.481 e. The molecule has 4 heteroatoms. The van der Waals surface area contributed by atoms with Crippen molar-refractivity contribution in [2.45, 2.75) is 25.4 Å². The Morgan fingerprint density at radius 3 is 2.65 bits per heavy atom. The second-order valence-corrected chi connectivity index (χ2v) is 4.48. The van der Waals surface area contributed by atoms with Crippen molar-refractivity contribution in [2.24, 2.45) is 5.73 Å². The number of benzene rings is 1. The molecule has 0 aliphatic heterocycles. The van der Waals surface area contributed by atoms with Gasteiger partial charge in [0.1, 0.15) is 0 Å². The van der Waals surface area contributed by atoms with Gasteiger partial charge in [-0.05, 0) is 31.6 Å². The van der Waals surface area contributed by atoms with E-state index in [-0.39, 0.29) is 12.5 Å². The van der Waals surface area contributed by atoms with E-state index >= 15 is 0 Å². The van der Waals surface area contributed by atoms with Crippen molar-refractivity contribution in [3.8, 4) is 0 Å². The lowest BCUT2D eigenvalue weighted by Gasteiger charge is -2.18. The van der Waals surface area contributed by atoms with E-state index in [9.17, 15) is 4.79 Å². The van der Waals surface area contributed by atoms with Crippen molar-refractivity contribution in [1.29, 1.82) is 0 Å². The Morgan fingerprint density at radius 2 is 2.06 bits per heavy atom. The molecule has 1 atom stereocenters. The van der Waals surface area contributed by atoms with Gasteiger partial charge in [0.15, 0.2) is 0 Å². The minimum Gasteiger partial charge on any atom is -0.481 e. The van der Waals surface area contributed by atoms with Gasteiger partial charge in [-0.3, -0.25) is 4.79 Å². The Labute approximate surface area is 102 Å². The predicted octanol–water partition coefficient (Wildman–Crippen LogP) is 1.61. The summed E-state index contributed by atoms with van der Waals surface area (Å²) in [5.41, 5.74) is 8.24. The SMILES string of the molecule is CN(C)Cc1ccccc1C(N)CCC(=O)O. The van der Waals surface area contributed by atoms with E-state index < -0.39 is 5.97 Å². The molecule has 0 fully saturated rings. The van der Waals surface area contributed by atoms with Gasteiger partial charge in [-0.1, -0.05) is 24.3 Å². The van der Waals surface area contributed by atoms with Gasteiger partial charge in [-0.2, -0.15) is 0 Å².